The molecule has 2 heterocycles. The molecule has 1 aliphatic carbocycles. The number of carbonyl (C=O) groups excluding carboxylic acids is 1. The summed E-state index contributed by atoms with van der Waals surface area (Å²) >= 11 is 0. The van der Waals surface area contributed by atoms with Crippen molar-refractivity contribution in [2.45, 2.75) is 72.4 Å². The third-order valence-electron chi connectivity index (χ3n) is 6.80. The van der Waals surface area contributed by atoms with Gasteiger partial charge in [0.1, 0.15) is 6.61 Å². The van der Waals surface area contributed by atoms with Gasteiger partial charge in [-0.25, -0.2) is 0 Å². The van der Waals surface area contributed by atoms with E-state index in [1.165, 1.54) is 12.8 Å². The fourth-order valence-electron chi connectivity index (χ4n) is 4.55. The van der Waals surface area contributed by atoms with Crippen LogP contribution in [0.4, 0.5) is 0 Å². The van der Waals surface area contributed by atoms with E-state index in [-0.39, 0.29) is 18.1 Å². The molecule has 0 N–H and O–H groups in total. The van der Waals surface area contributed by atoms with Crippen molar-refractivity contribution in [3.05, 3.63) is 0 Å². The minimum Gasteiger partial charge on any atom is -0.375 e. The van der Waals surface area contributed by atoms with Gasteiger partial charge in [0.25, 0.3) is 0 Å². The molecule has 3 aliphatic rings. The molecule has 3 rings (SSSR count). The number of amides is 1. The van der Waals surface area contributed by atoms with Gasteiger partial charge >= 0.3 is 0 Å². The van der Waals surface area contributed by atoms with E-state index in [9.17, 15) is 4.79 Å². The van der Waals surface area contributed by atoms with E-state index in [1.54, 1.807) is 0 Å². The first-order valence-electron chi connectivity index (χ1n) is 10.7. The normalized spacial score (nSPS) is 23.9. The van der Waals surface area contributed by atoms with Crippen LogP contribution in [-0.4, -0.2) is 73.3 Å². The van der Waals surface area contributed by atoms with Crippen LogP contribution in [0, 0.1) is 16.7 Å². The molecule has 5 nitrogen and oxygen atoms in total. The van der Waals surface area contributed by atoms with Crippen molar-refractivity contribution in [3.63, 3.8) is 0 Å². The Morgan fingerprint density at radius 1 is 1.04 bits per heavy atom. The highest BCUT2D eigenvalue weighted by atomic mass is 16.5. The Morgan fingerprint density at radius 3 is 2.22 bits per heavy atom. The highest BCUT2D eigenvalue weighted by molar-refractivity contribution is 5.78. The monoisotopic (exact) mass is 380 g/mol. The van der Waals surface area contributed by atoms with Gasteiger partial charge in [0.2, 0.25) is 5.91 Å². The molecule has 0 unspecified atom stereocenters. The van der Waals surface area contributed by atoms with Gasteiger partial charge in [0, 0.05) is 50.3 Å². The quantitative estimate of drug-likeness (QED) is 0.636. The molecule has 0 aromatic heterocycles. The van der Waals surface area contributed by atoms with Crippen molar-refractivity contribution in [3.8, 4) is 0 Å². The predicted octanol–water partition coefficient (Wildman–Crippen LogP) is 3.18. The van der Waals surface area contributed by atoms with Crippen molar-refractivity contribution in [2.75, 3.05) is 46.0 Å². The summed E-state index contributed by atoms with van der Waals surface area (Å²) in [5.41, 5.74) is 1.09. The molecule has 5 heteroatoms. The van der Waals surface area contributed by atoms with Crippen LogP contribution >= 0.6 is 0 Å². The Bertz CT molecular complexity index is 515. The zero-order chi connectivity index (χ0) is 19.9. The third-order valence-corrected chi connectivity index (χ3v) is 6.80. The van der Waals surface area contributed by atoms with Gasteiger partial charge in [-0.2, -0.15) is 0 Å². The Kier molecular flexibility index (Phi) is 5.96. The van der Waals surface area contributed by atoms with E-state index in [0.29, 0.717) is 23.5 Å². The molecule has 156 valence electrons. The topological polar surface area (TPSA) is 42.0 Å². The van der Waals surface area contributed by atoms with Gasteiger partial charge in [-0.05, 0) is 51.4 Å². The highest BCUT2D eigenvalue weighted by Gasteiger charge is 2.55. The van der Waals surface area contributed by atoms with Crippen LogP contribution in [0.2, 0.25) is 0 Å². The smallest absolute Gasteiger partial charge is 0.248 e. The number of carbonyl (C=O) groups is 1. The van der Waals surface area contributed by atoms with Crippen LogP contribution in [0.15, 0.2) is 0 Å². The van der Waals surface area contributed by atoms with Gasteiger partial charge in [0.15, 0.2) is 0 Å². The van der Waals surface area contributed by atoms with Crippen LogP contribution in [0.5, 0.6) is 0 Å². The first-order valence-corrected chi connectivity index (χ1v) is 10.7. The van der Waals surface area contributed by atoms with Gasteiger partial charge in [-0.1, -0.05) is 20.8 Å². The lowest BCUT2D eigenvalue weighted by Gasteiger charge is -2.61. The van der Waals surface area contributed by atoms with Gasteiger partial charge in [-0.3, -0.25) is 9.69 Å². The van der Waals surface area contributed by atoms with Crippen molar-refractivity contribution in [1.29, 1.82) is 0 Å². The van der Waals surface area contributed by atoms with Gasteiger partial charge < -0.3 is 14.4 Å². The second kappa shape index (κ2) is 7.64. The molecule has 3 fully saturated rings. The van der Waals surface area contributed by atoms with E-state index in [4.69, 9.17) is 9.47 Å². The third kappa shape index (κ3) is 5.04. The summed E-state index contributed by atoms with van der Waals surface area (Å²) < 4.78 is 11.4. The molecule has 0 radical (unpaired) electrons. The van der Waals surface area contributed by atoms with Crippen molar-refractivity contribution >= 4 is 5.91 Å². The van der Waals surface area contributed by atoms with Crippen LogP contribution in [-0.2, 0) is 14.3 Å². The molecule has 2 saturated heterocycles. The Hall–Kier alpha value is -0.650. The molecule has 27 heavy (non-hydrogen) atoms. The van der Waals surface area contributed by atoms with E-state index >= 15 is 0 Å². The molecular formula is C22H40N2O3. The first-order chi connectivity index (χ1) is 12.5. The Balaban J connectivity index is 1.17. The molecule has 0 atom stereocenters. The van der Waals surface area contributed by atoms with Crippen molar-refractivity contribution in [1.82, 2.24) is 9.80 Å². The summed E-state index contributed by atoms with van der Waals surface area (Å²) in [5, 5.41) is 0. The standard InChI is InChI=1S/C22H40N2O3/c1-20(2,3)17-10-22(11-17)15-23(16-22)19(25)14-26-8-7-9-27-18-12-24(13-18)21(4,5)6/h17-18H,7-16H2,1-6H3. The maximum Gasteiger partial charge on any atom is 0.248 e. The number of nitrogens with zero attached hydrogens (tertiary/aromatic N) is 2. The van der Waals surface area contributed by atoms with Crippen LogP contribution in [0.1, 0.15) is 60.8 Å². The number of rotatable bonds is 7. The second-order valence-electron chi connectivity index (χ2n) is 11.2. The molecule has 1 saturated carbocycles. The van der Waals surface area contributed by atoms with Gasteiger partial charge in [0.05, 0.1) is 6.10 Å². The lowest BCUT2D eigenvalue weighted by molar-refractivity contribution is -0.165. The van der Waals surface area contributed by atoms with E-state index < -0.39 is 0 Å². The molecule has 0 aromatic carbocycles. The largest absolute Gasteiger partial charge is 0.375 e. The van der Waals surface area contributed by atoms with Crippen molar-refractivity contribution in [2.24, 2.45) is 16.7 Å². The number of hydrogen-bond acceptors (Lipinski definition) is 4. The fraction of sp³-hybridized carbons (Fsp3) is 0.955. The summed E-state index contributed by atoms with van der Waals surface area (Å²) in [6, 6.07) is 0. The van der Waals surface area contributed by atoms with E-state index in [1.807, 2.05) is 4.90 Å². The molecular weight excluding hydrogens is 340 g/mol. The summed E-state index contributed by atoms with van der Waals surface area (Å²) in [6.45, 7) is 19.2. The summed E-state index contributed by atoms with van der Waals surface area (Å²) in [4.78, 5) is 16.6. The highest BCUT2D eigenvalue weighted by Crippen LogP contribution is 2.57. The lowest BCUT2D eigenvalue weighted by Crippen LogP contribution is -2.65. The Labute approximate surface area is 165 Å². The molecule has 0 bridgehead atoms. The Morgan fingerprint density at radius 2 is 1.67 bits per heavy atom. The number of ether oxygens (including phenoxy) is 2. The van der Waals surface area contributed by atoms with Crippen LogP contribution in [0.3, 0.4) is 0 Å². The SMILES string of the molecule is CC(C)(C)C1CC2(C1)CN(C(=O)COCCCOC1CN(C(C)(C)C)C1)C2. The maximum absolute atomic E-state index is 12.2. The minimum atomic E-state index is 0.153. The zero-order valence-corrected chi connectivity index (χ0v) is 18.3. The predicted molar refractivity (Wildman–Crippen MR) is 108 cm³/mol. The number of likely N-dealkylation sites (tertiary alicyclic amines) is 2. The van der Waals surface area contributed by atoms with E-state index in [2.05, 4.69) is 46.4 Å². The summed E-state index contributed by atoms with van der Waals surface area (Å²) in [5.74, 6) is 0.970. The maximum atomic E-state index is 12.2. The molecule has 1 spiro atoms. The van der Waals surface area contributed by atoms with Gasteiger partial charge in [-0.15, -0.1) is 0 Å². The molecule has 0 aromatic rings. The van der Waals surface area contributed by atoms with E-state index in [0.717, 1.165) is 45.1 Å². The zero-order valence-electron chi connectivity index (χ0n) is 18.3. The first kappa shape index (κ1) is 21.1. The molecule has 1 amide bonds. The average Bonchev–Trinajstić information content (AvgIpc) is 2.38. The number of hydrogen-bond donors (Lipinski definition) is 0. The molecule has 2 aliphatic heterocycles. The second-order valence-corrected chi connectivity index (χ2v) is 11.2. The summed E-state index contributed by atoms with van der Waals surface area (Å²) in [6.07, 6.45) is 3.79. The fourth-order valence-corrected chi connectivity index (χ4v) is 4.55. The van der Waals surface area contributed by atoms with Crippen molar-refractivity contribution < 1.29 is 14.3 Å². The van der Waals surface area contributed by atoms with Crippen LogP contribution in [0.25, 0.3) is 0 Å². The lowest BCUT2D eigenvalue weighted by atomic mass is 9.52. The average molecular weight is 381 g/mol. The summed E-state index contributed by atoms with van der Waals surface area (Å²) in [7, 11) is 0. The minimum absolute atomic E-state index is 0.153. The van der Waals surface area contributed by atoms with Crippen LogP contribution < -0.4 is 0 Å².